The van der Waals surface area contributed by atoms with E-state index in [0.717, 1.165) is 27.1 Å². The van der Waals surface area contributed by atoms with Gasteiger partial charge in [0.05, 0.1) is 35.1 Å². The number of halogens is 1. The number of hydrogen-bond donors (Lipinski definition) is 0. The maximum Gasteiger partial charge on any atom is 0.338 e. The summed E-state index contributed by atoms with van der Waals surface area (Å²) in [6.45, 7) is 4.47. The zero-order chi connectivity index (χ0) is 33.6. The van der Waals surface area contributed by atoms with Crippen LogP contribution in [0.1, 0.15) is 42.1 Å². The van der Waals surface area contributed by atoms with Gasteiger partial charge in [-0.05, 0) is 79.3 Å². The molecule has 1 atom stereocenters. The third-order valence-electron chi connectivity index (χ3n) is 7.68. The molecule has 0 bridgehead atoms. The van der Waals surface area contributed by atoms with Gasteiger partial charge in [-0.2, -0.15) is 0 Å². The van der Waals surface area contributed by atoms with Gasteiger partial charge >= 0.3 is 5.97 Å². The van der Waals surface area contributed by atoms with Crippen molar-refractivity contribution >= 4 is 40.8 Å². The molecule has 0 unspecified atom stereocenters. The molecule has 6 rings (SSSR count). The van der Waals surface area contributed by atoms with E-state index in [1.165, 1.54) is 23.5 Å². The van der Waals surface area contributed by atoms with E-state index < -0.39 is 12.0 Å². The summed E-state index contributed by atoms with van der Waals surface area (Å²) in [5.41, 5.74) is 3.57. The molecule has 0 saturated heterocycles. The zero-order valence-corrected chi connectivity index (χ0v) is 28.3. The molecular formula is C38H33FN2O5S2. The SMILES string of the molecule is CCOC(=O)C1=C(c2ccccc2)N=c2s/c(=C\c3ccc(OCc4ccc(F)cc4)c(OCC)c3)c(=O)n2[C@H]1c1ccc(SC)cc1. The number of rotatable bonds is 11. The minimum absolute atomic E-state index is 0.179. The van der Waals surface area contributed by atoms with E-state index in [9.17, 15) is 14.0 Å². The van der Waals surface area contributed by atoms with Gasteiger partial charge in [0.15, 0.2) is 16.3 Å². The van der Waals surface area contributed by atoms with Gasteiger partial charge in [-0.15, -0.1) is 11.8 Å². The standard InChI is InChI=1S/C38H33FN2O5S2/c1-4-44-31-21-25(13-20-30(31)46-23-24-11-16-28(39)17-12-24)22-32-36(42)41-35(27-14-18-29(47-3)19-15-27)33(37(43)45-5-2)34(40-38(41)48-32)26-9-7-6-8-10-26/h6-22,35H,4-5,23H2,1-3H3/b32-22-/t35-/m0/s1. The highest BCUT2D eigenvalue weighted by Gasteiger charge is 2.35. The van der Waals surface area contributed by atoms with Crippen LogP contribution in [-0.4, -0.2) is 30.0 Å². The van der Waals surface area contributed by atoms with Crippen LogP contribution in [0.5, 0.6) is 11.5 Å². The Hall–Kier alpha value is -4.93. The molecule has 0 saturated carbocycles. The van der Waals surface area contributed by atoms with E-state index in [2.05, 4.69) is 0 Å². The van der Waals surface area contributed by atoms with Crippen LogP contribution in [0, 0.1) is 5.82 Å². The molecule has 48 heavy (non-hydrogen) atoms. The van der Waals surface area contributed by atoms with Gasteiger partial charge in [-0.1, -0.05) is 72.0 Å². The molecule has 244 valence electrons. The van der Waals surface area contributed by atoms with Crippen LogP contribution in [-0.2, 0) is 16.1 Å². The lowest BCUT2D eigenvalue weighted by Gasteiger charge is -2.26. The summed E-state index contributed by atoms with van der Waals surface area (Å²) in [6, 6.07) is 28.2. The minimum atomic E-state index is -0.755. The zero-order valence-electron chi connectivity index (χ0n) is 26.6. The van der Waals surface area contributed by atoms with Crippen LogP contribution in [0.25, 0.3) is 11.8 Å². The average Bonchev–Trinajstić information content (AvgIpc) is 3.42. The lowest BCUT2D eigenvalue weighted by molar-refractivity contribution is -0.138. The predicted molar refractivity (Wildman–Crippen MR) is 188 cm³/mol. The summed E-state index contributed by atoms with van der Waals surface area (Å²) in [7, 11) is 0. The van der Waals surface area contributed by atoms with E-state index in [1.54, 1.807) is 47.5 Å². The van der Waals surface area contributed by atoms with Crippen LogP contribution in [0.4, 0.5) is 4.39 Å². The summed E-state index contributed by atoms with van der Waals surface area (Å²) in [5, 5.41) is 0. The number of nitrogens with zero attached hydrogens (tertiary/aromatic N) is 2. The molecule has 5 aromatic rings. The molecule has 0 aliphatic carbocycles. The summed E-state index contributed by atoms with van der Waals surface area (Å²) >= 11 is 2.87. The second kappa shape index (κ2) is 14.9. The number of benzene rings is 4. The summed E-state index contributed by atoms with van der Waals surface area (Å²) < 4.78 is 32.8. The fourth-order valence-corrected chi connectivity index (χ4v) is 6.85. The molecule has 0 fully saturated rings. The fraction of sp³-hybridized carbons (Fsp3) is 0.184. The van der Waals surface area contributed by atoms with Crippen LogP contribution in [0.3, 0.4) is 0 Å². The number of carbonyl (C=O) groups is 1. The van der Waals surface area contributed by atoms with Crippen LogP contribution in [0.15, 0.2) is 117 Å². The Bertz CT molecular complexity index is 2140. The predicted octanol–water partition coefficient (Wildman–Crippen LogP) is 6.77. The fourth-order valence-electron chi connectivity index (χ4n) is 5.44. The van der Waals surface area contributed by atoms with E-state index in [-0.39, 0.29) is 24.6 Å². The molecule has 1 aliphatic rings. The highest BCUT2D eigenvalue weighted by atomic mass is 32.2. The molecule has 4 aromatic carbocycles. The summed E-state index contributed by atoms with van der Waals surface area (Å²) in [5.74, 6) is 0.214. The molecule has 0 N–H and O–H groups in total. The third-order valence-corrected chi connectivity index (χ3v) is 9.40. The maximum absolute atomic E-state index is 14.3. The first-order chi connectivity index (χ1) is 23.4. The maximum atomic E-state index is 14.3. The second-order valence-corrected chi connectivity index (χ2v) is 12.6. The largest absolute Gasteiger partial charge is 0.490 e. The highest BCUT2D eigenvalue weighted by molar-refractivity contribution is 7.98. The van der Waals surface area contributed by atoms with Crippen molar-refractivity contribution in [1.82, 2.24) is 4.57 Å². The lowest BCUT2D eigenvalue weighted by atomic mass is 9.93. The Kier molecular flexibility index (Phi) is 10.2. The van der Waals surface area contributed by atoms with Gasteiger partial charge in [0, 0.05) is 10.5 Å². The minimum Gasteiger partial charge on any atom is -0.490 e. The Morgan fingerprint density at radius 3 is 2.38 bits per heavy atom. The number of fused-ring (bicyclic) bond motifs is 1. The van der Waals surface area contributed by atoms with Crippen LogP contribution >= 0.6 is 23.1 Å². The molecule has 10 heteroatoms. The number of thiazole rings is 1. The Labute approximate surface area is 285 Å². The monoisotopic (exact) mass is 680 g/mol. The third kappa shape index (κ3) is 7.00. The van der Waals surface area contributed by atoms with Gasteiger partial charge in [-0.3, -0.25) is 9.36 Å². The van der Waals surface area contributed by atoms with Crippen LogP contribution < -0.4 is 24.4 Å². The number of esters is 1. The molecule has 1 aliphatic heterocycles. The van der Waals surface area contributed by atoms with Gasteiger partial charge in [0.25, 0.3) is 5.56 Å². The second-order valence-electron chi connectivity index (χ2n) is 10.8. The van der Waals surface area contributed by atoms with E-state index in [0.29, 0.717) is 38.7 Å². The number of carbonyl (C=O) groups excluding carboxylic acids is 1. The number of thioether (sulfide) groups is 1. The van der Waals surface area contributed by atoms with Crippen LogP contribution in [0.2, 0.25) is 0 Å². The van der Waals surface area contributed by atoms with Crippen molar-refractivity contribution in [1.29, 1.82) is 0 Å². The summed E-state index contributed by atoms with van der Waals surface area (Å²) in [4.78, 5) is 34.4. The topological polar surface area (TPSA) is 79.1 Å². The Morgan fingerprint density at radius 1 is 0.938 bits per heavy atom. The van der Waals surface area contributed by atoms with Gasteiger partial charge in [0.2, 0.25) is 0 Å². The Morgan fingerprint density at radius 2 is 1.69 bits per heavy atom. The smallest absolute Gasteiger partial charge is 0.338 e. The van der Waals surface area contributed by atoms with E-state index in [4.69, 9.17) is 19.2 Å². The Balaban J connectivity index is 1.47. The average molecular weight is 681 g/mol. The molecule has 0 amide bonds. The lowest BCUT2D eigenvalue weighted by Crippen LogP contribution is -2.40. The van der Waals surface area contributed by atoms with Crippen molar-refractivity contribution in [3.63, 3.8) is 0 Å². The quantitative estimate of drug-likeness (QED) is 0.113. The number of ether oxygens (including phenoxy) is 3. The van der Waals surface area contributed by atoms with Gasteiger partial charge in [-0.25, -0.2) is 14.2 Å². The molecule has 1 aromatic heterocycles. The van der Waals surface area contributed by atoms with Crippen molar-refractivity contribution in [3.05, 3.63) is 150 Å². The summed E-state index contributed by atoms with van der Waals surface area (Å²) in [6.07, 6.45) is 3.79. The van der Waals surface area contributed by atoms with Crippen molar-refractivity contribution in [2.24, 2.45) is 4.99 Å². The van der Waals surface area contributed by atoms with E-state index in [1.807, 2.05) is 79.9 Å². The van der Waals surface area contributed by atoms with E-state index >= 15 is 0 Å². The molecule has 0 radical (unpaired) electrons. The number of hydrogen-bond acceptors (Lipinski definition) is 8. The highest BCUT2D eigenvalue weighted by Crippen LogP contribution is 2.36. The van der Waals surface area contributed by atoms with Gasteiger partial charge in [0.1, 0.15) is 12.4 Å². The van der Waals surface area contributed by atoms with Crippen molar-refractivity contribution in [2.45, 2.75) is 31.4 Å². The molecular weight excluding hydrogens is 648 g/mol. The first kappa shape index (κ1) is 33.0. The molecule has 7 nitrogen and oxygen atoms in total. The molecule has 2 heterocycles. The first-order valence-electron chi connectivity index (χ1n) is 15.5. The van der Waals surface area contributed by atoms with Gasteiger partial charge < -0.3 is 14.2 Å². The molecule has 0 spiro atoms. The first-order valence-corrected chi connectivity index (χ1v) is 17.5. The van der Waals surface area contributed by atoms with Crippen molar-refractivity contribution in [2.75, 3.05) is 19.5 Å². The van der Waals surface area contributed by atoms with Crippen molar-refractivity contribution < 1.29 is 23.4 Å². The number of aromatic nitrogens is 1. The van der Waals surface area contributed by atoms with Crippen molar-refractivity contribution in [3.8, 4) is 11.5 Å². The normalized spacial score (nSPS) is 14.3.